The average molecular weight is 1040 g/mol. The van der Waals surface area contributed by atoms with Gasteiger partial charge in [-0.05, 0) is 164 Å². The van der Waals surface area contributed by atoms with Crippen molar-refractivity contribution < 1.29 is 0 Å². The SMILES string of the molecule is c1ccc2cc(-c3ccc(-c4cc5cc6c(cc(-c7ccc(-c8ccc9ccccc9c8)cc7)n6-c6ccc(-n7c8ccccc8c8ccccc87)cc6)cc5n4-c4ccc(-n5c6ccccc6c6ccccc65)cc4)cc3)ccc2c1. The van der Waals surface area contributed by atoms with E-state index in [2.05, 4.69) is 322 Å². The first-order chi connectivity index (χ1) is 40.6. The van der Waals surface area contributed by atoms with Gasteiger partial charge in [0.05, 0.1) is 44.5 Å². The highest BCUT2D eigenvalue weighted by Crippen LogP contribution is 2.41. The van der Waals surface area contributed by atoms with Gasteiger partial charge in [-0.1, -0.05) is 194 Å². The second kappa shape index (κ2) is 18.3. The lowest BCUT2D eigenvalue weighted by Crippen LogP contribution is -1.99. The molecule has 0 radical (unpaired) electrons. The molecule has 0 aliphatic carbocycles. The summed E-state index contributed by atoms with van der Waals surface area (Å²) in [6.45, 7) is 0. The van der Waals surface area contributed by atoms with E-state index < -0.39 is 0 Å². The lowest BCUT2D eigenvalue weighted by atomic mass is 9.99. The van der Waals surface area contributed by atoms with E-state index in [1.807, 2.05) is 0 Å². The zero-order valence-electron chi connectivity index (χ0n) is 44.7. The molecular formula is C78H50N4. The molecular weight excluding hydrogens is 993 g/mol. The molecule has 4 nitrogen and oxygen atoms in total. The van der Waals surface area contributed by atoms with Crippen LogP contribution in [0.2, 0.25) is 0 Å². The molecule has 0 fully saturated rings. The predicted octanol–water partition coefficient (Wildman–Crippen LogP) is 20.7. The van der Waals surface area contributed by atoms with Crippen molar-refractivity contribution in [3.8, 4) is 67.5 Å². The van der Waals surface area contributed by atoms with Gasteiger partial charge in [-0.3, -0.25) is 0 Å². The first-order valence-electron chi connectivity index (χ1n) is 28.2. The highest BCUT2D eigenvalue weighted by molar-refractivity contribution is 6.10. The second-order valence-corrected chi connectivity index (χ2v) is 21.8. The van der Waals surface area contributed by atoms with Crippen LogP contribution in [0.25, 0.3) is 154 Å². The maximum Gasteiger partial charge on any atom is 0.0542 e. The highest BCUT2D eigenvalue weighted by Gasteiger charge is 2.21. The number of benzene rings is 13. The molecule has 0 aliphatic heterocycles. The predicted molar refractivity (Wildman–Crippen MR) is 346 cm³/mol. The topological polar surface area (TPSA) is 19.7 Å². The Morgan fingerprint density at radius 3 is 0.793 bits per heavy atom. The van der Waals surface area contributed by atoms with Crippen LogP contribution in [0, 0.1) is 0 Å². The number of hydrogen-bond acceptors (Lipinski definition) is 0. The minimum atomic E-state index is 1.09. The number of hydrogen-bond donors (Lipinski definition) is 0. The summed E-state index contributed by atoms with van der Waals surface area (Å²) >= 11 is 0. The molecule has 17 rings (SSSR count). The first-order valence-corrected chi connectivity index (χ1v) is 28.2. The van der Waals surface area contributed by atoms with Crippen LogP contribution in [0.3, 0.4) is 0 Å². The van der Waals surface area contributed by atoms with Crippen molar-refractivity contribution in [1.82, 2.24) is 18.3 Å². The fourth-order valence-electron chi connectivity index (χ4n) is 13.2. The van der Waals surface area contributed by atoms with Crippen molar-refractivity contribution in [2.24, 2.45) is 0 Å². The van der Waals surface area contributed by atoms with Crippen LogP contribution in [-0.4, -0.2) is 18.3 Å². The molecule has 17 aromatic rings. The molecule has 82 heavy (non-hydrogen) atoms. The van der Waals surface area contributed by atoms with Gasteiger partial charge in [-0.2, -0.15) is 0 Å². The van der Waals surface area contributed by atoms with Crippen LogP contribution in [0.5, 0.6) is 0 Å². The molecule has 0 saturated carbocycles. The molecule has 0 amide bonds. The Morgan fingerprint density at radius 2 is 0.439 bits per heavy atom. The summed E-state index contributed by atoms with van der Waals surface area (Å²) in [5.41, 5.74) is 20.8. The van der Waals surface area contributed by atoms with E-state index in [-0.39, 0.29) is 0 Å². The summed E-state index contributed by atoms with van der Waals surface area (Å²) in [7, 11) is 0. The van der Waals surface area contributed by atoms with Gasteiger partial charge < -0.3 is 18.3 Å². The average Bonchev–Trinajstić information content (AvgIpc) is 3.87. The summed E-state index contributed by atoms with van der Waals surface area (Å²) in [4.78, 5) is 0. The molecule has 4 heterocycles. The maximum atomic E-state index is 2.46. The Bertz CT molecular complexity index is 4910. The van der Waals surface area contributed by atoms with E-state index in [9.17, 15) is 0 Å². The summed E-state index contributed by atoms with van der Waals surface area (Å²) < 4.78 is 9.72. The van der Waals surface area contributed by atoms with Crippen molar-refractivity contribution in [3.05, 3.63) is 303 Å². The van der Waals surface area contributed by atoms with Gasteiger partial charge in [-0.25, -0.2) is 0 Å². The Kier molecular flexibility index (Phi) is 10.3. The van der Waals surface area contributed by atoms with Crippen molar-refractivity contribution in [2.45, 2.75) is 0 Å². The van der Waals surface area contributed by atoms with Crippen molar-refractivity contribution in [2.75, 3.05) is 0 Å². The second-order valence-electron chi connectivity index (χ2n) is 21.8. The number of para-hydroxylation sites is 4. The fraction of sp³-hybridized carbons (Fsp3) is 0. The fourth-order valence-corrected chi connectivity index (χ4v) is 13.2. The normalized spacial score (nSPS) is 11.9. The molecule has 0 aliphatic rings. The van der Waals surface area contributed by atoms with Gasteiger partial charge in [0, 0.05) is 55.1 Å². The lowest BCUT2D eigenvalue weighted by molar-refractivity contribution is 1.11. The van der Waals surface area contributed by atoms with Gasteiger partial charge >= 0.3 is 0 Å². The third kappa shape index (κ3) is 7.32. The number of aromatic nitrogens is 4. The van der Waals surface area contributed by atoms with Crippen LogP contribution in [0.4, 0.5) is 0 Å². The van der Waals surface area contributed by atoms with Crippen LogP contribution in [-0.2, 0) is 0 Å². The Hall–Kier alpha value is -10.9. The monoisotopic (exact) mass is 1040 g/mol. The van der Waals surface area contributed by atoms with E-state index in [0.717, 1.165) is 67.1 Å². The molecule has 0 bridgehead atoms. The van der Waals surface area contributed by atoms with Crippen LogP contribution >= 0.6 is 0 Å². The summed E-state index contributed by atoms with van der Waals surface area (Å²) in [6, 6.07) is 112. The van der Waals surface area contributed by atoms with Crippen molar-refractivity contribution >= 4 is 87.0 Å². The molecule has 13 aromatic carbocycles. The van der Waals surface area contributed by atoms with Crippen molar-refractivity contribution in [3.63, 3.8) is 0 Å². The molecule has 0 atom stereocenters. The first kappa shape index (κ1) is 46.0. The summed E-state index contributed by atoms with van der Waals surface area (Å²) in [6.07, 6.45) is 0. The lowest BCUT2D eigenvalue weighted by Gasteiger charge is -2.15. The standard InChI is InChI=1S/C78H50N4/c1-3-15-57-45-59(35-29-51(57)13-1)53-25-31-55(32-26-53)75-47-61-49-78-62(50-77(61)81(75)65-41-37-63(38-42-65)79-71-21-9-5-17-67(71)68-18-6-10-22-72(68)79)48-76(56-33-27-54(28-34-56)60-36-30-52-14-2-4-16-58(52)46-60)82(78)66-43-39-64(40-44-66)80-73-23-11-7-19-69(73)70-20-8-12-24-74(70)80/h1-50H. The highest BCUT2D eigenvalue weighted by atomic mass is 15.0. The molecule has 0 spiro atoms. The van der Waals surface area contributed by atoms with Crippen molar-refractivity contribution in [1.29, 1.82) is 0 Å². The Balaban J connectivity index is 0.845. The van der Waals surface area contributed by atoms with E-state index in [1.54, 1.807) is 0 Å². The van der Waals surface area contributed by atoms with Gasteiger partial charge in [-0.15, -0.1) is 0 Å². The molecule has 0 N–H and O–H groups in total. The number of fused-ring (bicyclic) bond motifs is 10. The third-order valence-electron chi connectivity index (χ3n) is 17.1. The maximum absolute atomic E-state index is 2.46. The zero-order valence-corrected chi connectivity index (χ0v) is 44.7. The summed E-state index contributed by atoms with van der Waals surface area (Å²) in [5.74, 6) is 0. The van der Waals surface area contributed by atoms with Crippen LogP contribution < -0.4 is 0 Å². The minimum absolute atomic E-state index is 1.09. The molecule has 4 heteroatoms. The van der Waals surface area contributed by atoms with Crippen LogP contribution in [0.1, 0.15) is 0 Å². The third-order valence-corrected chi connectivity index (χ3v) is 17.1. The molecule has 4 aromatic heterocycles. The minimum Gasteiger partial charge on any atom is -0.309 e. The molecule has 382 valence electrons. The van der Waals surface area contributed by atoms with E-state index in [1.165, 1.54) is 87.4 Å². The number of rotatable bonds is 8. The summed E-state index contributed by atoms with van der Waals surface area (Å²) in [5, 5.41) is 12.3. The Morgan fingerprint density at radius 1 is 0.159 bits per heavy atom. The largest absolute Gasteiger partial charge is 0.309 e. The van der Waals surface area contributed by atoms with E-state index in [0.29, 0.717) is 0 Å². The van der Waals surface area contributed by atoms with Gasteiger partial charge in [0.15, 0.2) is 0 Å². The van der Waals surface area contributed by atoms with Gasteiger partial charge in [0.2, 0.25) is 0 Å². The molecule has 0 saturated heterocycles. The number of nitrogens with zero attached hydrogens (tertiary/aromatic N) is 4. The van der Waals surface area contributed by atoms with E-state index in [4.69, 9.17) is 0 Å². The van der Waals surface area contributed by atoms with Crippen LogP contribution in [0.15, 0.2) is 303 Å². The van der Waals surface area contributed by atoms with Gasteiger partial charge in [0.1, 0.15) is 0 Å². The molecule has 0 unspecified atom stereocenters. The van der Waals surface area contributed by atoms with Gasteiger partial charge in [0.25, 0.3) is 0 Å². The Labute approximate surface area is 473 Å². The smallest absolute Gasteiger partial charge is 0.0542 e. The van der Waals surface area contributed by atoms with E-state index >= 15 is 0 Å². The zero-order chi connectivity index (χ0) is 53.8. The quantitative estimate of drug-likeness (QED) is 0.145.